The largest absolute Gasteiger partial charge is 0.508 e. The fourth-order valence-corrected chi connectivity index (χ4v) is 4.99. The Hall–Kier alpha value is -2.14. The molecule has 2 aliphatic heterocycles. The van der Waals surface area contributed by atoms with E-state index >= 15 is 4.39 Å². The molecule has 0 spiro atoms. The Labute approximate surface area is 166 Å². The Kier molecular flexibility index (Phi) is 5.28. The lowest BCUT2D eigenvalue weighted by Crippen LogP contribution is -2.52. The number of rotatable bonds is 4. The summed E-state index contributed by atoms with van der Waals surface area (Å²) in [4.78, 5) is 16.9. The fraction of sp³-hybridized carbons (Fsp3) is 0.522. The molecule has 150 valence electrons. The first-order valence-corrected chi connectivity index (χ1v) is 10.3. The number of aliphatic hydroxyl groups is 1. The van der Waals surface area contributed by atoms with Crippen LogP contribution in [0.25, 0.3) is 0 Å². The number of nitrogens with zero attached hydrogens (tertiary/aromatic N) is 2. The van der Waals surface area contributed by atoms with Gasteiger partial charge in [-0.2, -0.15) is 0 Å². The van der Waals surface area contributed by atoms with Crippen molar-refractivity contribution in [3.05, 3.63) is 59.9 Å². The third-order valence-corrected chi connectivity index (χ3v) is 6.73. The summed E-state index contributed by atoms with van der Waals surface area (Å²) in [5.41, 5.74) is 0.864. The fourth-order valence-electron chi connectivity index (χ4n) is 4.99. The lowest BCUT2D eigenvalue weighted by molar-refractivity contribution is -0.134. The van der Waals surface area contributed by atoms with Crippen LogP contribution in [-0.4, -0.2) is 52.7 Å². The van der Waals surface area contributed by atoms with E-state index < -0.39 is 6.17 Å². The van der Waals surface area contributed by atoms with E-state index in [1.54, 1.807) is 12.2 Å². The number of aliphatic hydroxyl groups excluding tert-OH is 1. The normalized spacial score (nSPS) is 33.9. The number of alkyl halides is 1. The van der Waals surface area contributed by atoms with Crippen LogP contribution in [0, 0.1) is 11.3 Å². The molecule has 0 saturated carbocycles. The molecule has 28 heavy (non-hydrogen) atoms. The summed E-state index contributed by atoms with van der Waals surface area (Å²) in [6.07, 6.45) is 6.63. The highest BCUT2D eigenvalue weighted by molar-refractivity contribution is 5.84. The molecule has 0 radical (unpaired) electrons. The van der Waals surface area contributed by atoms with E-state index in [0.29, 0.717) is 19.5 Å². The number of halogens is 1. The summed E-state index contributed by atoms with van der Waals surface area (Å²) >= 11 is 0. The van der Waals surface area contributed by atoms with Gasteiger partial charge in [-0.25, -0.2) is 4.39 Å². The molecule has 3 aliphatic rings. The summed E-state index contributed by atoms with van der Waals surface area (Å²) in [7, 11) is 0. The number of likely N-dealkylation sites (tertiary alicyclic amines) is 2. The molecule has 1 aromatic rings. The standard InChI is InChI=1S/C23H29FN2O2/c1-23(11-7-18(27)8-12-23)19-9-13-25(16-20(19)24)21-10-14-26(22(21)28)15-17-5-3-2-4-6-17/h2-8,11,19-21,27H,9-10,12-16H2,1H3/t19-,20-,21-,23?/m1/s1. The molecular weight excluding hydrogens is 355 g/mol. The zero-order valence-electron chi connectivity index (χ0n) is 16.4. The smallest absolute Gasteiger partial charge is 0.240 e. The van der Waals surface area contributed by atoms with E-state index in [0.717, 1.165) is 31.5 Å². The molecular formula is C23H29FN2O2. The van der Waals surface area contributed by atoms with Crippen LogP contribution in [0.15, 0.2) is 54.3 Å². The topological polar surface area (TPSA) is 43.8 Å². The van der Waals surface area contributed by atoms with E-state index in [-0.39, 0.29) is 29.0 Å². The van der Waals surface area contributed by atoms with Crippen molar-refractivity contribution in [3.63, 3.8) is 0 Å². The highest BCUT2D eigenvalue weighted by atomic mass is 19.1. The second-order valence-corrected chi connectivity index (χ2v) is 8.63. The predicted octanol–water partition coefficient (Wildman–Crippen LogP) is 3.86. The number of hydrogen-bond acceptors (Lipinski definition) is 3. The summed E-state index contributed by atoms with van der Waals surface area (Å²) in [5, 5.41) is 9.58. The van der Waals surface area contributed by atoms with Crippen LogP contribution >= 0.6 is 0 Å². The van der Waals surface area contributed by atoms with Crippen LogP contribution in [0.3, 0.4) is 0 Å². The van der Waals surface area contributed by atoms with Crippen LogP contribution < -0.4 is 0 Å². The van der Waals surface area contributed by atoms with Crippen molar-refractivity contribution in [1.82, 2.24) is 9.80 Å². The minimum atomic E-state index is -0.965. The number of carbonyl (C=O) groups is 1. The first kappa shape index (κ1) is 19.2. The van der Waals surface area contributed by atoms with Crippen LogP contribution in [0.5, 0.6) is 0 Å². The first-order chi connectivity index (χ1) is 13.5. The minimum absolute atomic E-state index is 0.0822. The van der Waals surface area contributed by atoms with E-state index in [1.165, 1.54) is 0 Å². The van der Waals surface area contributed by atoms with Crippen molar-refractivity contribution in [3.8, 4) is 0 Å². The molecule has 0 aromatic heterocycles. The van der Waals surface area contributed by atoms with Crippen molar-refractivity contribution in [1.29, 1.82) is 0 Å². The van der Waals surface area contributed by atoms with Crippen molar-refractivity contribution < 1.29 is 14.3 Å². The Balaban J connectivity index is 1.37. The minimum Gasteiger partial charge on any atom is -0.508 e. The number of piperidine rings is 1. The van der Waals surface area contributed by atoms with E-state index in [2.05, 4.69) is 11.8 Å². The van der Waals surface area contributed by atoms with Gasteiger partial charge >= 0.3 is 0 Å². The molecule has 0 bridgehead atoms. The summed E-state index contributed by atoms with van der Waals surface area (Å²) in [6, 6.07) is 9.83. The van der Waals surface area contributed by atoms with E-state index in [4.69, 9.17) is 0 Å². The third-order valence-electron chi connectivity index (χ3n) is 6.73. The second kappa shape index (κ2) is 7.70. The molecule has 1 aromatic carbocycles. The lowest BCUT2D eigenvalue weighted by Gasteiger charge is -2.44. The Morgan fingerprint density at radius 3 is 2.68 bits per heavy atom. The van der Waals surface area contributed by atoms with Crippen molar-refractivity contribution in [2.75, 3.05) is 19.6 Å². The lowest BCUT2D eigenvalue weighted by atomic mass is 9.68. The van der Waals surface area contributed by atoms with Gasteiger partial charge in [-0.05, 0) is 48.9 Å². The van der Waals surface area contributed by atoms with Gasteiger partial charge in [0, 0.05) is 25.6 Å². The zero-order valence-corrected chi connectivity index (χ0v) is 16.4. The molecule has 2 saturated heterocycles. The quantitative estimate of drug-likeness (QED) is 0.857. The highest BCUT2D eigenvalue weighted by Gasteiger charge is 2.45. The molecule has 1 amide bonds. The molecule has 1 N–H and O–H groups in total. The Morgan fingerprint density at radius 1 is 1.21 bits per heavy atom. The average Bonchev–Trinajstić information content (AvgIpc) is 3.05. The van der Waals surface area contributed by atoms with Crippen LogP contribution in [0.2, 0.25) is 0 Å². The van der Waals surface area contributed by atoms with Gasteiger partial charge in [0.15, 0.2) is 0 Å². The predicted molar refractivity (Wildman–Crippen MR) is 107 cm³/mol. The summed E-state index contributed by atoms with van der Waals surface area (Å²) in [6.45, 7) is 4.50. The third kappa shape index (κ3) is 3.72. The van der Waals surface area contributed by atoms with Crippen LogP contribution in [0.4, 0.5) is 4.39 Å². The molecule has 4 rings (SSSR count). The van der Waals surface area contributed by atoms with Gasteiger partial charge in [-0.1, -0.05) is 43.3 Å². The van der Waals surface area contributed by atoms with Crippen molar-refractivity contribution in [2.45, 2.75) is 44.9 Å². The van der Waals surface area contributed by atoms with Gasteiger partial charge in [-0.15, -0.1) is 0 Å². The van der Waals surface area contributed by atoms with Gasteiger partial charge in [-0.3, -0.25) is 9.69 Å². The zero-order chi connectivity index (χ0) is 19.7. The van der Waals surface area contributed by atoms with E-state index in [9.17, 15) is 9.90 Å². The number of amides is 1. The van der Waals surface area contributed by atoms with Gasteiger partial charge in [0.25, 0.3) is 0 Å². The number of benzene rings is 1. The molecule has 2 heterocycles. The molecule has 4 nitrogen and oxygen atoms in total. The first-order valence-electron chi connectivity index (χ1n) is 10.3. The maximum atomic E-state index is 15.2. The van der Waals surface area contributed by atoms with Gasteiger partial charge in [0.2, 0.25) is 5.91 Å². The average molecular weight is 384 g/mol. The molecule has 4 atom stereocenters. The Morgan fingerprint density at radius 2 is 2.00 bits per heavy atom. The Bertz CT molecular complexity index is 778. The maximum absolute atomic E-state index is 15.2. The number of allylic oxidation sites excluding steroid dienone is 3. The summed E-state index contributed by atoms with van der Waals surface area (Å²) < 4.78 is 15.2. The molecule has 5 heteroatoms. The number of carbonyl (C=O) groups excluding carboxylic acids is 1. The molecule has 1 aliphatic carbocycles. The molecule has 1 unspecified atom stereocenters. The second-order valence-electron chi connectivity index (χ2n) is 8.63. The highest BCUT2D eigenvalue weighted by Crippen LogP contribution is 2.43. The number of hydrogen-bond donors (Lipinski definition) is 1. The van der Waals surface area contributed by atoms with Crippen molar-refractivity contribution >= 4 is 5.91 Å². The SMILES string of the molecule is CC1([C@@H]2CCN([C@@H]3CCN(Cc4ccccc4)C3=O)C[C@H]2F)C=CC(O)=CC1. The monoisotopic (exact) mass is 384 g/mol. The molecule has 2 fully saturated rings. The maximum Gasteiger partial charge on any atom is 0.240 e. The van der Waals surface area contributed by atoms with Crippen LogP contribution in [0.1, 0.15) is 31.7 Å². The van der Waals surface area contributed by atoms with Crippen molar-refractivity contribution in [2.24, 2.45) is 11.3 Å². The van der Waals surface area contributed by atoms with Gasteiger partial charge < -0.3 is 10.0 Å². The summed E-state index contributed by atoms with van der Waals surface area (Å²) in [5.74, 6) is 0.313. The van der Waals surface area contributed by atoms with Gasteiger partial charge in [0.1, 0.15) is 11.9 Å². The van der Waals surface area contributed by atoms with E-state index in [1.807, 2.05) is 41.3 Å². The van der Waals surface area contributed by atoms with Crippen LogP contribution in [-0.2, 0) is 11.3 Å². The van der Waals surface area contributed by atoms with Gasteiger partial charge in [0.05, 0.1) is 6.04 Å².